The van der Waals surface area contributed by atoms with E-state index in [4.69, 9.17) is 4.42 Å². The molecule has 1 aromatic heterocycles. The number of benzene rings is 1. The summed E-state index contributed by atoms with van der Waals surface area (Å²) in [6.07, 6.45) is 2.87. The number of nitrogens with zero attached hydrogens (tertiary/aromatic N) is 1. The third-order valence-electron chi connectivity index (χ3n) is 3.08. The molecule has 0 aliphatic heterocycles. The molecule has 0 saturated heterocycles. The molecule has 2 aromatic rings. The maximum Gasteiger partial charge on any atom is 0.184 e. The van der Waals surface area contributed by atoms with Gasteiger partial charge >= 0.3 is 0 Å². The van der Waals surface area contributed by atoms with E-state index >= 15 is 0 Å². The van der Waals surface area contributed by atoms with Gasteiger partial charge in [-0.3, -0.25) is 4.99 Å². The Morgan fingerprint density at radius 2 is 1.95 bits per heavy atom. The smallest absolute Gasteiger partial charge is 0.184 e. The summed E-state index contributed by atoms with van der Waals surface area (Å²) in [5.74, 6) is 1.31. The first-order valence-corrected chi connectivity index (χ1v) is 7.77. The molecule has 19 heavy (non-hydrogen) atoms. The first-order valence-electron chi connectivity index (χ1n) is 6.19. The van der Waals surface area contributed by atoms with E-state index in [2.05, 4.69) is 62.8 Å². The lowest BCUT2D eigenvalue weighted by atomic mass is 9.99. The zero-order chi connectivity index (χ0) is 13.8. The molecule has 0 bridgehead atoms. The standard InChI is InChI=1S/C15H15Br2NO/c1-3-10(2)11-4-6-12(7-5-11)18-9-13-8-14(16)15(17)19-13/h4-10H,3H2,1-2H3/t10-/m0/s1. The molecule has 0 spiro atoms. The molecule has 100 valence electrons. The van der Waals surface area contributed by atoms with Crippen LogP contribution < -0.4 is 0 Å². The predicted molar refractivity (Wildman–Crippen MR) is 86.5 cm³/mol. The van der Waals surface area contributed by atoms with Gasteiger partial charge in [-0.25, -0.2) is 0 Å². The van der Waals surface area contributed by atoms with Crippen molar-refractivity contribution < 1.29 is 4.42 Å². The molecule has 1 atom stereocenters. The molecule has 0 saturated carbocycles. The minimum atomic E-state index is 0.593. The van der Waals surface area contributed by atoms with Gasteiger partial charge < -0.3 is 4.42 Å². The molecule has 4 heteroatoms. The summed E-state index contributed by atoms with van der Waals surface area (Å²) in [7, 11) is 0. The second kappa shape index (κ2) is 6.53. The van der Waals surface area contributed by atoms with E-state index in [9.17, 15) is 0 Å². The quantitative estimate of drug-likeness (QED) is 0.587. The molecule has 0 fully saturated rings. The molecular weight excluding hydrogens is 370 g/mol. The molecule has 0 aliphatic rings. The first kappa shape index (κ1) is 14.5. The summed E-state index contributed by atoms with van der Waals surface area (Å²) < 4.78 is 7.01. The molecule has 1 aromatic carbocycles. The van der Waals surface area contributed by atoms with Crippen LogP contribution in [-0.2, 0) is 0 Å². The average molecular weight is 385 g/mol. The SMILES string of the molecule is CC[C@H](C)c1ccc(N=Cc2cc(Br)c(Br)o2)cc1. The van der Waals surface area contributed by atoms with E-state index in [1.54, 1.807) is 6.21 Å². The van der Waals surface area contributed by atoms with Gasteiger partial charge in [0.15, 0.2) is 4.67 Å². The monoisotopic (exact) mass is 383 g/mol. The highest BCUT2D eigenvalue weighted by atomic mass is 79.9. The Hall–Kier alpha value is -0.870. The Balaban J connectivity index is 2.11. The van der Waals surface area contributed by atoms with Crippen molar-refractivity contribution >= 4 is 43.8 Å². The zero-order valence-electron chi connectivity index (χ0n) is 10.9. The van der Waals surface area contributed by atoms with Crippen molar-refractivity contribution in [2.75, 3.05) is 0 Å². The summed E-state index contributed by atoms with van der Waals surface area (Å²) in [6.45, 7) is 4.43. The fourth-order valence-electron chi connectivity index (χ4n) is 1.69. The second-order valence-corrected chi connectivity index (χ2v) is 6.00. The largest absolute Gasteiger partial charge is 0.447 e. The van der Waals surface area contributed by atoms with Crippen LogP contribution in [0.25, 0.3) is 0 Å². The molecule has 2 nitrogen and oxygen atoms in total. The Labute approximate surface area is 130 Å². The summed E-state index contributed by atoms with van der Waals surface area (Å²) >= 11 is 6.67. The highest BCUT2D eigenvalue weighted by molar-refractivity contribution is 9.13. The summed E-state index contributed by atoms with van der Waals surface area (Å²) in [6, 6.07) is 10.2. The van der Waals surface area contributed by atoms with Crippen LogP contribution in [0, 0.1) is 0 Å². The van der Waals surface area contributed by atoms with Crippen molar-refractivity contribution in [2.24, 2.45) is 4.99 Å². The first-order chi connectivity index (χ1) is 9.10. The maximum atomic E-state index is 5.44. The number of halogens is 2. The zero-order valence-corrected chi connectivity index (χ0v) is 14.0. The van der Waals surface area contributed by atoms with Gasteiger partial charge in [-0.1, -0.05) is 26.0 Å². The van der Waals surface area contributed by atoms with Crippen molar-refractivity contribution in [3.05, 3.63) is 50.8 Å². The van der Waals surface area contributed by atoms with E-state index in [1.165, 1.54) is 5.56 Å². The molecule has 1 heterocycles. The van der Waals surface area contributed by atoms with E-state index in [0.29, 0.717) is 16.3 Å². The normalized spacial score (nSPS) is 13.1. The third kappa shape index (κ3) is 3.80. The van der Waals surface area contributed by atoms with Crippen LogP contribution in [0.1, 0.15) is 37.5 Å². The van der Waals surface area contributed by atoms with Crippen LogP contribution in [0.2, 0.25) is 0 Å². The molecule has 0 unspecified atom stereocenters. The molecule has 0 N–H and O–H groups in total. The summed E-state index contributed by atoms with van der Waals surface area (Å²) in [4.78, 5) is 4.40. The van der Waals surface area contributed by atoms with Gasteiger partial charge in [0.2, 0.25) is 0 Å². The van der Waals surface area contributed by atoms with Gasteiger partial charge in [-0.05, 0) is 61.9 Å². The van der Waals surface area contributed by atoms with Gasteiger partial charge in [0.05, 0.1) is 16.4 Å². The minimum Gasteiger partial charge on any atom is -0.447 e. The number of furan rings is 1. The van der Waals surface area contributed by atoms with E-state index < -0.39 is 0 Å². The van der Waals surface area contributed by atoms with Gasteiger partial charge in [-0.15, -0.1) is 0 Å². The van der Waals surface area contributed by atoms with Crippen LogP contribution in [0.3, 0.4) is 0 Å². The summed E-state index contributed by atoms with van der Waals surface area (Å²) in [5.41, 5.74) is 2.28. The third-order valence-corrected chi connectivity index (χ3v) is 4.79. The van der Waals surface area contributed by atoms with Crippen molar-refractivity contribution in [3.8, 4) is 0 Å². The fourth-order valence-corrected chi connectivity index (χ4v) is 2.30. The van der Waals surface area contributed by atoms with Gasteiger partial charge in [-0.2, -0.15) is 0 Å². The van der Waals surface area contributed by atoms with Crippen LogP contribution in [0.4, 0.5) is 5.69 Å². The van der Waals surface area contributed by atoms with Crippen molar-refractivity contribution in [1.29, 1.82) is 0 Å². The molecular formula is C15H15Br2NO. The number of hydrogen-bond donors (Lipinski definition) is 0. The highest BCUT2D eigenvalue weighted by Gasteiger charge is 2.04. The molecule has 0 radical (unpaired) electrons. The molecule has 0 aliphatic carbocycles. The number of aliphatic imine (C=N–C) groups is 1. The number of hydrogen-bond acceptors (Lipinski definition) is 2. The lowest BCUT2D eigenvalue weighted by molar-refractivity contribution is 0.533. The van der Waals surface area contributed by atoms with E-state index in [1.807, 2.05) is 18.2 Å². The van der Waals surface area contributed by atoms with Crippen molar-refractivity contribution in [1.82, 2.24) is 0 Å². The maximum absolute atomic E-state index is 5.44. The van der Waals surface area contributed by atoms with Gasteiger partial charge in [0.1, 0.15) is 5.76 Å². The minimum absolute atomic E-state index is 0.593. The van der Waals surface area contributed by atoms with Crippen LogP contribution in [-0.4, -0.2) is 6.21 Å². The Bertz CT molecular complexity index is 553. The Kier molecular flexibility index (Phi) is 4.99. The van der Waals surface area contributed by atoms with E-state index in [-0.39, 0.29) is 0 Å². The van der Waals surface area contributed by atoms with Crippen molar-refractivity contribution in [3.63, 3.8) is 0 Å². The van der Waals surface area contributed by atoms with Gasteiger partial charge in [0, 0.05) is 6.07 Å². The molecule has 2 rings (SSSR count). The van der Waals surface area contributed by atoms with E-state index in [0.717, 1.165) is 16.6 Å². The Morgan fingerprint density at radius 3 is 2.47 bits per heavy atom. The fraction of sp³-hybridized carbons (Fsp3) is 0.267. The van der Waals surface area contributed by atoms with Gasteiger partial charge in [0.25, 0.3) is 0 Å². The average Bonchev–Trinajstić information content (AvgIpc) is 2.75. The topological polar surface area (TPSA) is 25.5 Å². The lowest BCUT2D eigenvalue weighted by Crippen LogP contribution is -1.89. The highest BCUT2D eigenvalue weighted by Crippen LogP contribution is 2.26. The van der Waals surface area contributed by atoms with Crippen LogP contribution in [0.15, 0.2) is 48.9 Å². The lowest BCUT2D eigenvalue weighted by Gasteiger charge is -2.08. The predicted octanol–water partition coefficient (Wildman–Crippen LogP) is 6.07. The van der Waals surface area contributed by atoms with Crippen LogP contribution in [0.5, 0.6) is 0 Å². The van der Waals surface area contributed by atoms with Crippen molar-refractivity contribution in [2.45, 2.75) is 26.2 Å². The number of rotatable bonds is 4. The second-order valence-electron chi connectivity index (χ2n) is 4.43. The Morgan fingerprint density at radius 1 is 1.26 bits per heavy atom. The van der Waals surface area contributed by atoms with Crippen LogP contribution >= 0.6 is 31.9 Å². The summed E-state index contributed by atoms with van der Waals surface area (Å²) in [5, 5.41) is 0. The molecule has 0 amide bonds.